The van der Waals surface area contributed by atoms with Gasteiger partial charge in [0.05, 0.1) is 10.9 Å². The molecule has 2 aromatic carbocycles. The lowest BCUT2D eigenvalue weighted by Crippen LogP contribution is -2.60. The molecule has 1 aliphatic heterocycles. The first-order valence-corrected chi connectivity index (χ1v) is 20.5. The van der Waals surface area contributed by atoms with Gasteiger partial charge >= 0.3 is 35.8 Å². The highest BCUT2D eigenvalue weighted by molar-refractivity contribution is 5.98. The Bertz CT molecular complexity index is 2100. The number of benzene rings is 2. The molecule has 60 heavy (non-hydrogen) atoms. The van der Waals surface area contributed by atoms with Gasteiger partial charge in [0.25, 0.3) is 0 Å². The van der Waals surface area contributed by atoms with Gasteiger partial charge in [0.2, 0.25) is 5.43 Å². The van der Waals surface area contributed by atoms with Crippen molar-refractivity contribution in [2.24, 2.45) is 0 Å². The van der Waals surface area contributed by atoms with E-state index in [1.54, 1.807) is 41.5 Å². The maximum atomic E-state index is 14.5. The van der Waals surface area contributed by atoms with Crippen LogP contribution in [0.15, 0.2) is 27.4 Å². The van der Waals surface area contributed by atoms with Gasteiger partial charge in [-0.3, -0.25) is 33.6 Å². The van der Waals surface area contributed by atoms with Crippen molar-refractivity contribution >= 4 is 57.8 Å². The van der Waals surface area contributed by atoms with Gasteiger partial charge in [0, 0.05) is 50.7 Å². The normalized spacial score (nSPS) is 18.7. The summed E-state index contributed by atoms with van der Waals surface area (Å²) in [5.74, 6) is -6.84. The molecule has 0 bridgehead atoms. The van der Waals surface area contributed by atoms with Crippen molar-refractivity contribution < 1.29 is 76.6 Å². The van der Waals surface area contributed by atoms with Crippen molar-refractivity contribution in [1.29, 1.82) is 0 Å². The third-order valence-corrected chi connectivity index (χ3v) is 9.31. The van der Waals surface area contributed by atoms with Crippen LogP contribution in [0.25, 0.3) is 21.9 Å². The van der Waals surface area contributed by atoms with Gasteiger partial charge in [-0.2, -0.15) is 0 Å². The highest BCUT2D eigenvalue weighted by Crippen LogP contribution is 2.48. The molecule has 0 aliphatic carbocycles. The maximum Gasteiger partial charge on any atom is 0.311 e. The third kappa shape index (κ3) is 11.5. The zero-order valence-corrected chi connectivity index (χ0v) is 34.8. The summed E-state index contributed by atoms with van der Waals surface area (Å²) in [6, 6.07) is 3.10. The monoisotopic (exact) mass is 842 g/mol. The Labute approximate surface area is 346 Å². The number of carbonyl (C=O) groups is 6. The van der Waals surface area contributed by atoms with Crippen molar-refractivity contribution in [2.75, 3.05) is 6.61 Å². The molecule has 0 spiro atoms. The van der Waals surface area contributed by atoms with E-state index in [9.17, 15) is 43.8 Å². The van der Waals surface area contributed by atoms with E-state index in [0.29, 0.717) is 38.5 Å². The summed E-state index contributed by atoms with van der Waals surface area (Å²) >= 11 is 0. The van der Waals surface area contributed by atoms with E-state index in [0.717, 1.165) is 18.2 Å². The lowest BCUT2D eigenvalue weighted by Gasteiger charge is -2.45. The Morgan fingerprint density at radius 1 is 0.583 bits per heavy atom. The summed E-state index contributed by atoms with van der Waals surface area (Å²) in [5.41, 5.74) is -1.70. The highest BCUT2D eigenvalue weighted by Gasteiger charge is 2.55. The largest absolute Gasteiger partial charge is 0.504 e. The molecular formula is C43H54O17. The number of hydrogen-bond acceptors (Lipinski definition) is 17. The average Bonchev–Trinajstić information content (AvgIpc) is 3.17. The second kappa shape index (κ2) is 22.1. The van der Waals surface area contributed by atoms with Crippen LogP contribution in [0.2, 0.25) is 0 Å². The van der Waals surface area contributed by atoms with Gasteiger partial charge in [0.15, 0.2) is 35.6 Å². The van der Waals surface area contributed by atoms with Gasteiger partial charge in [-0.25, -0.2) is 0 Å². The van der Waals surface area contributed by atoms with Crippen LogP contribution >= 0.6 is 0 Å². The SMILES string of the molecule is CCCC(=O)OC[C@H]1O[C@@H](c2c(OC(=O)CCC)cc3oc4cc(O)c(O)cc4c(=O)c3c2OC(=O)CCC)[C@H](OC(=O)CCC)[C@@H](OC(=O)CCC)[C@@H]1OC(=O)CCC. The molecule has 17 nitrogen and oxygen atoms in total. The van der Waals surface area contributed by atoms with Gasteiger partial charge in [-0.15, -0.1) is 0 Å². The molecule has 1 fully saturated rings. The Hall–Kier alpha value is -5.71. The Morgan fingerprint density at radius 3 is 1.63 bits per heavy atom. The predicted octanol–water partition coefficient (Wildman–Crippen LogP) is 6.69. The number of phenolic OH excluding ortho intramolecular Hbond substituents is 2. The smallest absolute Gasteiger partial charge is 0.311 e. The van der Waals surface area contributed by atoms with Gasteiger partial charge in [-0.1, -0.05) is 41.5 Å². The molecule has 0 radical (unpaired) electrons. The van der Waals surface area contributed by atoms with Crippen LogP contribution < -0.4 is 14.9 Å². The molecule has 0 unspecified atom stereocenters. The first-order chi connectivity index (χ1) is 28.7. The van der Waals surface area contributed by atoms with Gasteiger partial charge in [0.1, 0.15) is 41.1 Å². The molecule has 3 aromatic rings. The van der Waals surface area contributed by atoms with Gasteiger partial charge in [-0.05, 0) is 44.6 Å². The predicted molar refractivity (Wildman–Crippen MR) is 212 cm³/mol. The van der Waals surface area contributed by atoms with E-state index < -0.39 is 107 Å². The minimum absolute atomic E-state index is 0.0133. The number of fused-ring (bicyclic) bond motifs is 2. The standard InChI is InChI=1S/C43H54O17/c1-7-13-30(46)53-22-29-39(57-32(48)15-9-3)42(59-34(50)17-11-5)43(60-35(51)18-12-6)41(56-29)37-28(55-31(47)14-8-2)21-27-36(40(37)58-33(49)16-10-4)38(52)23-19-24(44)25(45)20-26(23)54-27/h19-21,29,39,41-45H,7-18,22H2,1-6H3/t29-,39-,41+,42+,43+/m1/s1. The first-order valence-electron chi connectivity index (χ1n) is 20.5. The van der Waals surface area contributed by atoms with Crippen molar-refractivity contribution in [2.45, 2.75) is 149 Å². The van der Waals surface area contributed by atoms with Crippen LogP contribution in [0.3, 0.4) is 0 Å². The van der Waals surface area contributed by atoms with Crippen LogP contribution in [0.1, 0.15) is 130 Å². The maximum absolute atomic E-state index is 14.5. The quantitative estimate of drug-likeness (QED) is 0.0396. The second-order valence-electron chi connectivity index (χ2n) is 14.3. The fraction of sp³-hybridized carbons (Fsp3) is 0.558. The lowest BCUT2D eigenvalue weighted by atomic mass is 9.88. The van der Waals surface area contributed by atoms with E-state index in [1.807, 2.05) is 0 Å². The number of phenols is 2. The molecule has 1 saturated heterocycles. The van der Waals surface area contributed by atoms with Crippen LogP contribution in [-0.2, 0) is 52.5 Å². The zero-order valence-electron chi connectivity index (χ0n) is 34.8. The minimum atomic E-state index is -1.78. The fourth-order valence-electron chi connectivity index (χ4n) is 6.58. The Balaban J connectivity index is 2.18. The molecule has 0 amide bonds. The van der Waals surface area contributed by atoms with Crippen LogP contribution in [0, 0.1) is 0 Å². The molecule has 17 heteroatoms. The van der Waals surface area contributed by atoms with Crippen molar-refractivity contribution in [1.82, 2.24) is 0 Å². The molecule has 4 rings (SSSR count). The number of hydrogen-bond donors (Lipinski definition) is 2. The number of aromatic hydroxyl groups is 2. The summed E-state index contributed by atoms with van der Waals surface area (Å²) in [4.78, 5) is 94.3. The first kappa shape index (κ1) is 47.0. The van der Waals surface area contributed by atoms with E-state index in [1.165, 1.54) is 0 Å². The number of rotatable bonds is 20. The van der Waals surface area contributed by atoms with E-state index in [-0.39, 0.29) is 60.6 Å². The number of carbonyl (C=O) groups excluding carboxylic acids is 6. The Morgan fingerprint density at radius 2 is 1.07 bits per heavy atom. The summed E-state index contributed by atoms with van der Waals surface area (Å²) in [6.45, 7) is 9.77. The Kier molecular flexibility index (Phi) is 17.3. The lowest BCUT2D eigenvalue weighted by molar-refractivity contribution is -0.256. The van der Waals surface area contributed by atoms with Crippen LogP contribution in [-0.4, -0.2) is 77.1 Å². The van der Waals surface area contributed by atoms with Crippen molar-refractivity contribution in [3.63, 3.8) is 0 Å². The molecule has 0 saturated carbocycles. The van der Waals surface area contributed by atoms with E-state index >= 15 is 0 Å². The molecule has 1 aliphatic rings. The summed E-state index contributed by atoms with van der Waals surface area (Å²) in [6.07, 6.45) is -6.76. The van der Waals surface area contributed by atoms with E-state index in [4.69, 9.17) is 37.6 Å². The van der Waals surface area contributed by atoms with Crippen LogP contribution in [0.5, 0.6) is 23.0 Å². The molecule has 2 N–H and O–H groups in total. The second-order valence-corrected chi connectivity index (χ2v) is 14.3. The third-order valence-electron chi connectivity index (χ3n) is 9.31. The van der Waals surface area contributed by atoms with E-state index in [2.05, 4.69) is 0 Å². The van der Waals surface area contributed by atoms with Crippen molar-refractivity contribution in [3.8, 4) is 23.0 Å². The number of esters is 6. The molecular weight excluding hydrogens is 788 g/mol. The molecule has 1 aromatic heterocycles. The van der Waals surface area contributed by atoms with Crippen molar-refractivity contribution in [3.05, 3.63) is 34.0 Å². The van der Waals surface area contributed by atoms with Gasteiger partial charge < -0.3 is 47.8 Å². The molecule has 328 valence electrons. The summed E-state index contributed by atoms with van der Waals surface area (Å²) in [5, 5.41) is 20.0. The highest BCUT2D eigenvalue weighted by atomic mass is 16.7. The molecule has 2 heterocycles. The number of ether oxygens (including phenoxy) is 7. The molecule has 5 atom stereocenters. The average molecular weight is 843 g/mol. The summed E-state index contributed by atoms with van der Waals surface area (Å²) < 4.78 is 48.0. The zero-order chi connectivity index (χ0) is 44.1. The minimum Gasteiger partial charge on any atom is -0.504 e. The summed E-state index contributed by atoms with van der Waals surface area (Å²) in [7, 11) is 0. The topological polar surface area (TPSA) is 238 Å². The fourth-order valence-corrected chi connectivity index (χ4v) is 6.58. The van der Waals surface area contributed by atoms with Crippen LogP contribution in [0.4, 0.5) is 0 Å².